The summed E-state index contributed by atoms with van der Waals surface area (Å²) in [4.78, 5) is 2.32. The molecule has 0 amide bonds. The molecule has 1 aliphatic rings. The van der Waals surface area contributed by atoms with E-state index in [4.69, 9.17) is 16.3 Å². The summed E-state index contributed by atoms with van der Waals surface area (Å²) >= 11 is 5.95. The maximum absolute atomic E-state index is 14.0. The highest BCUT2D eigenvalue weighted by Crippen LogP contribution is 2.26. The quantitative estimate of drug-likeness (QED) is 0.907. The molecular weight excluding hydrogens is 255 g/mol. The maximum Gasteiger partial charge on any atom is 0.168 e. The van der Waals surface area contributed by atoms with Gasteiger partial charge in [-0.25, -0.2) is 4.39 Å². The monoisotopic (exact) mass is 272 g/mol. The molecule has 0 aromatic heterocycles. The molecule has 0 radical (unpaired) electrons. The van der Waals surface area contributed by atoms with Gasteiger partial charge < -0.3 is 15.0 Å². The van der Waals surface area contributed by atoms with Gasteiger partial charge in [0.15, 0.2) is 11.6 Å². The van der Waals surface area contributed by atoms with Crippen LogP contribution in [-0.4, -0.2) is 44.7 Å². The predicted octanol–water partition coefficient (Wildman–Crippen LogP) is 1.94. The number of hydrogen-bond acceptors (Lipinski definition) is 3. The van der Waals surface area contributed by atoms with Crippen LogP contribution in [0.1, 0.15) is 5.56 Å². The molecule has 0 aliphatic carbocycles. The lowest BCUT2D eigenvalue weighted by molar-refractivity contribution is 0.243. The first-order chi connectivity index (χ1) is 8.70. The van der Waals surface area contributed by atoms with Gasteiger partial charge in [-0.15, -0.1) is 0 Å². The summed E-state index contributed by atoms with van der Waals surface area (Å²) in [5, 5.41) is 3.81. The molecule has 1 aromatic carbocycles. The van der Waals surface area contributed by atoms with E-state index in [0.717, 1.165) is 32.7 Å². The van der Waals surface area contributed by atoms with Gasteiger partial charge in [0.2, 0.25) is 0 Å². The van der Waals surface area contributed by atoms with Crippen molar-refractivity contribution in [3.63, 3.8) is 0 Å². The molecule has 1 aliphatic heterocycles. The molecule has 5 heteroatoms. The molecule has 1 heterocycles. The molecule has 18 heavy (non-hydrogen) atoms. The summed E-state index contributed by atoms with van der Waals surface area (Å²) in [6.07, 6.45) is 0.656. The maximum atomic E-state index is 14.0. The van der Waals surface area contributed by atoms with Crippen molar-refractivity contribution >= 4 is 11.6 Å². The number of piperazine rings is 1. The molecule has 0 bridgehead atoms. The fraction of sp³-hybridized carbons (Fsp3) is 0.538. The van der Waals surface area contributed by atoms with E-state index in [-0.39, 0.29) is 11.6 Å². The van der Waals surface area contributed by atoms with E-state index in [1.165, 1.54) is 13.2 Å². The molecule has 3 nitrogen and oxygen atoms in total. The van der Waals surface area contributed by atoms with Crippen molar-refractivity contribution in [3.8, 4) is 5.75 Å². The highest BCUT2D eigenvalue weighted by molar-refractivity contribution is 6.30. The fourth-order valence-electron chi connectivity index (χ4n) is 2.16. The summed E-state index contributed by atoms with van der Waals surface area (Å²) in [6, 6.07) is 3.19. The fourth-order valence-corrected chi connectivity index (χ4v) is 2.39. The highest BCUT2D eigenvalue weighted by atomic mass is 35.5. The molecule has 1 saturated heterocycles. The van der Waals surface area contributed by atoms with E-state index in [1.54, 1.807) is 6.07 Å². The van der Waals surface area contributed by atoms with E-state index < -0.39 is 0 Å². The number of ether oxygens (including phenoxy) is 1. The van der Waals surface area contributed by atoms with Gasteiger partial charge in [-0.1, -0.05) is 11.6 Å². The van der Waals surface area contributed by atoms with Gasteiger partial charge in [-0.05, 0) is 18.1 Å². The van der Waals surface area contributed by atoms with Crippen molar-refractivity contribution in [2.75, 3.05) is 39.8 Å². The van der Waals surface area contributed by atoms with Crippen molar-refractivity contribution in [2.45, 2.75) is 6.42 Å². The first kappa shape index (κ1) is 13.6. The SMILES string of the molecule is COc1cc(Cl)cc(CCN2CCNCC2)c1F. The largest absolute Gasteiger partial charge is 0.494 e. The van der Waals surface area contributed by atoms with Gasteiger partial charge in [0.05, 0.1) is 7.11 Å². The van der Waals surface area contributed by atoms with Crippen molar-refractivity contribution in [3.05, 3.63) is 28.5 Å². The average molecular weight is 273 g/mol. The molecular formula is C13H18ClFN2O. The van der Waals surface area contributed by atoms with Gasteiger partial charge in [0, 0.05) is 43.8 Å². The van der Waals surface area contributed by atoms with Crippen LogP contribution in [0.3, 0.4) is 0 Å². The number of methoxy groups -OCH3 is 1. The minimum Gasteiger partial charge on any atom is -0.494 e. The molecule has 1 N–H and O–H groups in total. The molecule has 100 valence electrons. The van der Waals surface area contributed by atoms with Crippen LogP contribution in [0.15, 0.2) is 12.1 Å². The average Bonchev–Trinajstić information content (AvgIpc) is 2.40. The Morgan fingerprint density at radius 3 is 2.78 bits per heavy atom. The second-order valence-electron chi connectivity index (χ2n) is 4.42. The zero-order valence-electron chi connectivity index (χ0n) is 10.5. The second-order valence-corrected chi connectivity index (χ2v) is 4.86. The van der Waals surface area contributed by atoms with Crippen molar-refractivity contribution in [1.82, 2.24) is 10.2 Å². The molecule has 1 aromatic rings. The number of nitrogens with zero attached hydrogens (tertiary/aromatic N) is 1. The Morgan fingerprint density at radius 2 is 2.11 bits per heavy atom. The lowest BCUT2D eigenvalue weighted by atomic mass is 10.1. The van der Waals surface area contributed by atoms with Crippen LogP contribution in [0.4, 0.5) is 4.39 Å². The number of halogens is 2. The summed E-state index contributed by atoms with van der Waals surface area (Å²) in [5.41, 5.74) is 0.623. The van der Waals surface area contributed by atoms with Crippen LogP contribution in [0.5, 0.6) is 5.75 Å². The van der Waals surface area contributed by atoms with E-state index in [0.29, 0.717) is 17.0 Å². The normalized spacial score (nSPS) is 16.8. The van der Waals surface area contributed by atoms with E-state index >= 15 is 0 Å². The third-order valence-corrected chi connectivity index (χ3v) is 3.42. The van der Waals surface area contributed by atoms with E-state index in [9.17, 15) is 4.39 Å². The Bertz CT molecular complexity index is 408. The number of nitrogens with one attached hydrogen (secondary N) is 1. The van der Waals surface area contributed by atoms with Crippen LogP contribution in [0.25, 0.3) is 0 Å². The lowest BCUT2D eigenvalue weighted by Crippen LogP contribution is -2.44. The first-order valence-electron chi connectivity index (χ1n) is 6.15. The van der Waals surface area contributed by atoms with E-state index in [2.05, 4.69) is 10.2 Å². The van der Waals surface area contributed by atoms with Crippen molar-refractivity contribution in [2.24, 2.45) is 0 Å². The molecule has 0 atom stereocenters. The zero-order valence-corrected chi connectivity index (χ0v) is 11.3. The standard InChI is InChI=1S/C13H18ClFN2O/c1-18-12-9-11(14)8-10(13(12)15)2-5-17-6-3-16-4-7-17/h8-9,16H,2-7H2,1H3. The molecule has 0 unspecified atom stereocenters. The third kappa shape index (κ3) is 3.34. The Kier molecular flexibility index (Phi) is 4.80. The van der Waals surface area contributed by atoms with E-state index in [1.807, 2.05) is 0 Å². The van der Waals surface area contributed by atoms with Crippen molar-refractivity contribution < 1.29 is 9.13 Å². The Hall–Kier alpha value is -0.840. The first-order valence-corrected chi connectivity index (χ1v) is 6.53. The number of rotatable bonds is 4. The van der Waals surface area contributed by atoms with Gasteiger partial charge in [0.1, 0.15) is 0 Å². The number of benzene rings is 1. The minimum absolute atomic E-state index is 0.220. The second kappa shape index (κ2) is 6.36. The van der Waals surface area contributed by atoms with Gasteiger partial charge >= 0.3 is 0 Å². The molecule has 2 rings (SSSR count). The highest BCUT2D eigenvalue weighted by Gasteiger charge is 2.14. The Morgan fingerprint density at radius 1 is 1.39 bits per heavy atom. The van der Waals surface area contributed by atoms with Crippen LogP contribution in [0.2, 0.25) is 5.02 Å². The smallest absolute Gasteiger partial charge is 0.168 e. The number of hydrogen-bond donors (Lipinski definition) is 1. The van der Waals surface area contributed by atoms with Crippen molar-refractivity contribution in [1.29, 1.82) is 0 Å². The van der Waals surface area contributed by atoms with Gasteiger partial charge in [0.25, 0.3) is 0 Å². The summed E-state index contributed by atoms with van der Waals surface area (Å²) < 4.78 is 19.0. The topological polar surface area (TPSA) is 24.5 Å². The Labute approximate surface area is 112 Å². The van der Waals surface area contributed by atoms with Crippen LogP contribution < -0.4 is 10.1 Å². The van der Waals surface area contributed by atoms with Crippen LogP contribution in [-0.2, 0) is 6.42 Å². The van der Waals surface area contributed by atoms with Gasteiger partial charge in [-0.2, -0.15) is 0 Å². The zero-order chi connectivity index (χ0) is 13.0. The molecule has 0 spiro atoms. The van der Waals surface area contributed by atoms with Gasteiger partial charge in [-0.3, -0.25) is 0 Å². The summed E-state index contributed by atoms with van der Waals surface area (Å²) in [5.74, 6) is -0.0742. The summed E-state index contributed by atoms with van der Waals surface area (Å²) in [7, 11) is 1.45. The molecule has 0 saturated carbocycles. The predicted molar refractivity (Wildman–Crippen MR) is 71.0 cm³/mol. The minimum atomic E-state index is -0.294. The van der Waals surface area contributed by atoms with Crippen LogP contribution in [0, 0.1) is 5.82 Å². The lowest BCUT2D eigenvalue weighted by Gasteiger charge is -2.27. The molecule has 1 fully saturated rings. The summed E-state index contributed by atoms with van der Waals surface area (Å²) in [6.45, 7) is 4.88. The Balaban J connectivity index is 2.01. The third-order valence-electron chi connectivity index (χ3n) is 3.21. The van der Waals surface area contributed by atoms with Crippen LogP contribution >= 0.6 is 11.6 Å².